The Bertz CT molecular complexity index is 460. The minimum Gasteiger partial charge on any atom is -0.353 e. The van der Waals surface area contributed by atoms with Crippen molar-refractivity contribution < 1.29 is 18.0 Å². The van der Waals surface area contributed by atoms with Crippen molar-refractivity contribution in [3.63, 3.8) is 0 Å². The Kier molecular flexibility index (Phi) is 3.61. The van der Waals surface area contributed by atoms with Gasteiger partial charge in [-0.3, -0.25) is 9.59 Å². The molecule has 2 fully saturated rings. The van der Waals surface area contributed by atoms with Crippen LogP contribution in [0.15, 0.2) is 0 Å². The van der Waals surface area contributed by atoms with Crippen molar-refractivity contribution in [3.05, 3.63) is 0 Å². The van der Waals surface area contributed by atoms with Crippen LogP contribution in [-0.4, -0.2) is 56.3 Å². The number of sulfone groups is 1. The molecule has 2 atom stereocenters. The zero-order chi connectivity index (χ0) is 13.3. The molecule has 0 aromatic heterocycles. The van der Waals surface area contributed by atoms with Crippen LogP contribution in [-0.2, 0) is 19.4 Å². The third kappa shape index (κ3) is 3.22. The molecule has 1 N–H and O–H groups in total. The third-order valence-corrected chi connectivity index (χ3v) is 4.33. The number of hydrogen-bond donors (Lipinski definition) is 1. The Morgan fingerprint density at radius 2 is 2.17 bits per heavy atom. The lowest BCUT2D eigenvalue weighted by Crippen LogP contribution is -2.55. The van der Waals surface area contributed by atoms with Crippen LogP contribution in [0.1, 0.15) is 19.3 Å². The molecule has 2 unspecified atom stereocenters. The van der Waals surface area contributed by atoms with Crippen molar-refractivity contribution in [2.24, 2.45) is 5.92 Å². The Labute approximate surface area is 107 Å². The molecule has 0 aromatic carbocycles. The number of hydrogen-bond acceptors (Lipinski definition) is 4. The van der Waals surface area contributed by atoms with Crippen LogP contribution < -0.4 is 5.32 Å². The fraction of sp³-hybridized carbons (Fsp3) is 0.818. The lowest BCUT2D eigenvalue weighted by Gasteiger charge is -2.41. The molecule has 6 nitrogen and oxygen atoms in total. The average Bonchev–Trinajstić information content (AvgIpc) is 2.26. The normalized spacial score (nSPS) is 28.5. The minimum absolute atomic E-state index is 0.0761. The average molecular weight is 274 g/mol. The maximum absolute atomic E-state index is 11.8. The Morgan fingerprint density at radius 3 is 2.83 bits per heavy atom. The largest absolute Gasteiger partial charge is 0.353 e. The SMILES string of the molecule is CS(=O)(=O)CC(=O)N1CCC2NC(=O)CCC2C1. The van der Waals surface area contributed by atoms with Gasteiger partial charge in [-0.2, -0.15) is 0 Å². The molecular weight excluding hydrogens is 256 g/mol. The van der Waals surface area contributed by atoms with Crippen molar-refractivity contribution in [3.8, 4) is 0 Å². The number of likely N-dealkylation sites (tertiary alicyclic amines) is 1. The lowest BCUT2D eigenvalue weighted by atomic mass is 9.85. The van der Waals surface area contributed by atoms with E-state index < -0.39 is 15.6 Å². The highest BCUT2D eigenvalue weighted by Crippen LogP contribution is 2.25. The van der Waals surface area contributed by atoms with Crippen molar-refractivity contribution in [1.82, 2.24) is 10.2 Å². The van der Waals surface area contributed by atoms with E-state index in [9.17, 15) is 18.0 Å². The highest BCUT2D eigenvalue weighted by atomic mass is 32.2. The van der Waals surface area contributed by atoms with Crippen molar-refractivity contribution in [1.29, 1.82) is 0 Å². The third-order valence-electron chi connectivity index (χ3n) is 3.56. The van der Waals surface area contributed by atoms with E-state index in [1.54, 1.807) is 4.90 Å². The second-order valence-corrected chi connectivity index (χ2v) is 7.31. The summed E-state index contributed by atoms with van der Waals surface area (Å²) in [6.45, 7) is 1.08. The number of piperidine rings is 2. The van der Waals surface area contributed by atoms with Crippen molar-refractivity contribution >= 4 is 21.7 Å². The van der Waals surface area contributed by atoms with Crippen LogP contribution >= 0.6 is 0 Å². The molecule has 2 heterocycles. The van der Waals surface area contributed by atoms with Crippen LogP contribution in [0.2, 0.25) is 0 Å². The van der Waals surface area contributed by atoms with Crippen molar-refractivity contribution in [2.45, 2.75) is 25.3 Å². The van der Waals surface area contributed by atoms with Crippen LogP contribution in [0.25, 0.3) is 0 Å². The smallest absolute Gasteiger partial charge is 0.237 e. The number of amides is 2. The highest BCUT2D eigenvalue weighted by molar-refractivity contribution is 7.91. The first-order chi connectivity index (χ1) is 8.35. The van der Waals surface area contributed by atoms with E-state index in [-0.39, 0.29) is 23.8 Å². The monoisotopic (exact) mass is 274 g/mol. The molecule has 0 radical (unpaired) electrons. The predicted octanol–water partition coefficient (Wildman–Crippen LogP) is -0.842. The minimum atomic E-state index is -3.27. The molecule has 0 aliphatic carbocycles. The van der Waals surface area contributed by atoms with E-state index in [1.165, 1.54) is 0 Å². The maximum Gasteiger partial charge on any atom is 0.237 e. The fourth-order valence-corrected chi connectivity index (χ4v) is 3.28. The number of carbonyl (C=O) groups excluding carboxylic acids is 2. The summed E-state index contributed by atoms with van der Waals surface area (Å²) in [5, 5.41) is 2.93. The zero-order valence-electron chi connectivity index (χ0n) is 10.4. The number of rotatable bonds is 2. The summed E-state index contributed by atoms with van der Waals surface area (Å²) in [6, 6.07) is 0.147. The van der Waals surface area contributed by atoms with Crippen molar-refractivity contribution in [2.75, 3.05) is 25.1 Å². The van der Waals surface area contributed by atoms with Gasteiger partial charge in [-0.15, -0.1) is 0 Å². The molecule has 0 saturated carbocycles. The van der Waals surface area contributed by atoms with E-state index in [1.807, 2.05) is 0 Å². The van der Waals surface area contributed by atoms with Crippen LogP contribution in [0.3, 0.4) is 0 Å². The number of nitrogens with zero attached hydrogens (tertiary/aromatic N) is 1. The van der Waals surface area contributed by atoms with Gasteiger partial charge in [0, 0.05) is 31.8 Å². The first-order valence-electron chi connectivity index (χ1n) is 6.10. The van der Waals surface area contributed by atoms with Gasteiger partial charge in [0.2, 0.25) is 11.8 Å². The topological polar surface area (TPSA) is 83.6 Å². The van der Waals surface area contributed by atoms with E-state index in [0.717, 1.165) is 12.7 Å². The van der Waals surface area contributed by atoms with Gasteiger partial charge in [0.25, 0.3) is 0 Å². The van der Waals surface area contributed by atoms with Gasteiger partial charge < -0.3 is 10.2 Å². The number of fused-ring (bicyclic) bond motifs is 1. The van der Waals surface area contributed by atoms with E-state index in [4.69, 9.17) is 0 Å². The summed E-state index contributed by atoms with van der Waals surface area (Å²) in [5.41, 5.74) is 0. The second kappa shape index (κ2) is 4.87. The molecule has 0 spiro atoms. The van der Waals surface area contributed by atoms with E-state index in [2.05, 4.69) is 5.32 Å². The molecule has 0 aromatic rings. The molecule has 2 rings (SSSR count). The van der Waals surface area contributed by atoms with Gasteiger partial charge in [0.15, 0.2) is 9.84 Å². The molecule has 2 aliphatic heterocycles. The zero-order valence-corrected chi connectivity index (χ0v) is 11.2. The van der Waals surface area contributed by atoms with Crippen LogP contribution in [0.4, 0.5) is 0 Å². The predicted molar refractivity (Wildman–Crippen MR) is 65.6 cm³/mol. The van der Waals surface area contributed by atoms with Gasteiger partial charge >= 0.3 is 0 Å². The maximum atomic E-state index is 11.8. The molecule has 2 aliphatic rings. The van der Waals surface area contributed by atoms with Crippen LogP contribution in [0.5, 0.6) is 0 Å². The summed E-state index contributed by atoms with van der Waals surface area (Å²) >= 11 is 0. The molecular formula is C11H18N2O4S. The molecule has 2 amide bonds. The molecule has 2 saturated heterocycles. The first kappa shape index (κ1) is 13.3. The number of nitrogens with one attached hydrogen (secondary N) is 1. The Morgan fingerprint density at radius 1 is 1.44 bits per heavy atom. The second-order valence-electron chi connectivity index (χ2n) is 5.17. The van der Waals surface area contributed by atoms with E-state index >= 15 is 0 Å². The first-order valence-corrected chi connectivity index (χ1v) is 8.16. The van der Waals surface area contributed by atoms with Gasteiger partial charge in [0.05, 0.1) is 0 Å². The summed E-state index contributed by atoms with van der Waals surface area (Å²) in [7, 11) is -3.27. The Hall–Kier alpha value is -1.11. The highest BCUT2D eigenvalue weighted by Gasteiger charge is 2.35. The summed E-state index contributed by atoms with van der Waals surface area (Å²) in [6.07, 6.45) is 3.05. The fourth-order valence-electron chi connectivity index (χ4n) is 2.65. The molecule has 7 heteroatoms. The van der Waals surface area contributed by atoms with Crippen LogP contribution in [0, 0.1) is 5.92 Å². The lowest BCUT2D eigenvalue weighted by molar-refractivity contribution is -0.132. The molecule has 0 bridgehead atoms. The quantitative estimate of drug-likeness (QED) is 0.711. The van der Waals surface area contributed by atoms with E-state index in [0.29, 0.717) is 25.9 Å². The molecule has 102 valence electrons. The standard InChI is InChI=1S/C11H18N2O4S/c1-18(16,17)7-11(15)13-5-4-9-8(6-13)2-3-10(14)12-9/h8-9H,2-7H2,1H3,(H,12,14). The molecule has 18 heavy (non-hydrogen) atoms. The summed E-state index contributed by atoms with van der Waals surface area (Å²) < 4.78 is 22.2. The van der Waals surface area contributed by atoms with Gasteiger partial charge in [-0.1, -0.05) is 0 Å². The Balaban J connectivity index is 1.95. The summed E-state index contributed by atoms with van der Waals surface area (Å²) in [4.78, 5) is 24.7. The summed E-state index contributed by atoms with van der Waals surface area (Å²) in [5.74, 6) is -0.406. The van der Waals surface area contributed by atoms with Gasteiger partial charge in [-0.25, -0.2) is 8.42 Å². The van der Waals surface area contributed by atoms with Gasteiger partial charge in [0.1, 0.15) is 5.75 Å². The van der Waals surface area contributed by atoms with Gasteiger partial charge in [-0.05, 0) is 18.8 Å². The number of carbonyl (C=O) groups is 2.